The van der Waals surface area contributed by atoms with Crippen molar-refractivity contribution in [2.45, 2.75) is 26.4 Å². The predicted octanol–water partition coefficient (Wildman–Crippen LogP) is 2.70. The third-order valence-electron chi connectivity index (χ3n) is 2.05. The molecule has 14 heavy (non-hydrogen) atoms. The van der Waals surface area contributed by atoms with Crippen molar-refractivity contribution in [3.63, 3.8) is 0 Å². The molecule has 0 aliphatic carbocycles. The van der Waals surface area contributed by atoms with Crippen LogP contribution in [0.5, 0.6) is 5.75 Å². The predicted molar refractivity (Wildman–Crippen MR) is 56.7 cm³/mol. The smallest absolute Gasteiger partial charge is 0.123 e. The number of nitrogens with zero attached hydrogens (tertiary/aromatic N) is 1. The highest BCUT2D eigenvalue weighted by Crippen LogP contribution is 2.28. The molecule has 0 saturated carbocycles. The van der Waals surface area contributed by atoms with E-state index >= 15 is 0 Å². The van der Waals surface area contributed by atoms with Gasteiger partial charge in [-0.2, -0.15) is 4.91 Å². The number of fused-ring (bicyclic) bond motifs is 1. The summed E-state index contributed by atoms with van der Waals surface area (Å²) in [4.78, 5) is 8.56. The van der Waals surface area contributed by atoms with Crippen molar-refractivity contribution >= 4 is 0 Å². The number of rotatable bonds is 0. The summed E-state index contributed by atoms with van der Waals surface area (Å²) in [7, 11) is 1.19. The Balaban J connectivity index is 0.000000293. The monoisotopic (exact) mass is 193 g/mol. The lowest BCUT2D eigenvalue weighted by Gasteiger charge is -2.01. The minimum absolute atomic E-state index is 0.367. The van der Waals surface area contributed by atoms with Gasteiger partial charge in [0.1, 0.15) is 11.9 Å². The Labute approximate surface area is 84.1 Å². The summed E-state index contributed by atoms with van der Waals surface area (Å²) in [5.74, 6) is 1.07. The molecule has 1 heterocycles. The Hall–Kier alpha value is -1.38. The first-order chi connectivity index (χ1) is 6.67. The molecular weight excluding hydrogens is 178 g/mol. The van der Waals surface area contributed by atoms with E-state index in [1.54, 1.807) is 0 Å². The molecule has 1 aromatic rings. The van der Waals surface area contributed by atoms with Crippen LogP contribution >= 0.6 is 0 Å². The Morgan fingerprint density at radius 2 is 2.14 bits per heavy atom. The zero-order valence-corrected chi connectivity index (χ0v) is 8.78. The van der Waals surface area contributed by atoms with E-state index in [1.807, 2.05) is 0 Å². The van der Waals surface area contributed by atoms with Crippen molar-refractivity contribution in [2.24, 2.45) is 5.18 Å². The van der Waals surface area contributed by atoms with Crippen molar-refractivity contribution < 1.29 is 4.74 Å². The quantitative estimate of drug-likeness (QED) is 0.594. The Morgan fingerprint density at radius 3 is 2.79 bits per heavy atom. The van der Waals surface area contributed by atoms with Crippen LogP contribution in [0.25, 0.3) is 0 Å². The molecular formula is C11H15NO2. The summed E-state index contributed by atoms with van der Waals surface area (Å²) in [5.41, 5.74) is 2.68. The van der Waals surface area contributed by atoms with Crippen molar-refractivity contribution in [3.05, 3.63) is 34.2 Å². The van der Waals surface area contributed by atoms with E-state index < -0.39 is 0 Å². The summed E-state index contributed by atoms with van der Waals surface area (Å²) in [6.45, 7) is 4.22. The first-order valence-corrected chi connectivity index (χ1v) is 4.65. The highest BCUT2D eigenvalue weighted by molar-refractivity contribution is 5.40. The van der Waals surface area contributed by atoms with Gasteiger partial charge < -0.3 is 4.74 Å². The van der Waals surface area contributed by atoms with Gasteiger partial charge in [-0.25, -0.2) is 0 Å². The minimum atomic E-state index is 0.367. The summed E-state index contributed by atoms with van der Waals surface area (Å²) in [6, 6.07) is 6.36. The van der Waals surface area contributed by atoms with Crippen LogP contribution in [-0.2, 0) is 6.42 Å². The van der Waals surface area contributed by atoms with Crippen LogP contribution in [-0.4, -0.2) is 13.2 Å². The van der Waals surface area contributed by atoms with Crippen LogP contribution in [0, 0.1) is 11.8 Å². The zero-order valence-electron chi connectivity index (χ0n) is 8.78. The van der Waals surface area contributed by atoms with Crippen LogP contribution in [0.2, 0.25) is 0 Å². The van der Waals surface area contributed by atoms with Crippen LogP contribution in [0.3, 0.4) is 0 Å². The topological polar surface area (TPSA) is 38.7 Å². The zero-order chi connectivity index (χ0) is 10.6. The van der Waals surface area contributed by atoms with Gasteiger partial charge in [0.25, 0.3) is 0 Å². The number of nitroso groups, excluding NO2 is 1. The molecule has 1 aliphatic heterocycles. The van der Waals surface area contributed by atoms with Crippen LogP contribution in [0.15, 0.2) is 23.4 Å². The fraction of sp³-hybridized carbons (Fsp3) is 0.455. The largest absolute Gasteiger partial charge is 0.490 e. The summed E-state index contributed by atoms with van der Waals surface area (Å²) in [6.07, 6.45) is 1.43. The average Bonchev–Trinajstić information content (AvgIpc) is 2.45. The Kier molecular flexibility index (Phi) is 3.63. The lowest BCUT2D eigenvalue weighted by atomic mass is 10.1. The fourth-order valence-corrected chi connectivity index (χ4v) is 1.55. The van der Waals surface area contributed by atoms with Gasteiger partial charge in [-0.05, 0) is 25.5 Å². The third kappa shape index (κ3) is 2.55. The van der Waals surface area contributed by atoms with E-state index in [4.69, 9.17) is 9.64 Å². The van der Waals surface area contributed by atoms with Gasteiger partial charge in [0.2, 0.25) is 0 Å². The molecule has 0 saturated heterocycles. The van der Waals surface area contributed by atoms with E-state index in [0.29, 0.717) is 6.10 Å². The molecule has 1 aromatic carbocycles. The maximum Gasteiger partial charge on any atom is 0.123 e. The van der Waals surface area contributed by atoms with Gasteiger partial charge in [0, 0.05) is 6.42 Å². The highest BCUT2D eigenvalue weighted by atomic mass is 16.5. The second-order valence-electron chi connectivity index (χ2n) is 3.43. The number of ether oxygens (including phenoxy) is 1. The fourth-order valence-electron chi connectivity index (χ4n) is 1.55. The van der Waals surface area contributed by atoms with E-state index in [2.05, 4.69) is 37.2 Å². The SMILES string of the molecule is CN=O.Cc1ccc2c(c1)C[C@@H](C)O2. The van der Waals surface area contributed by atoms with Crippen molar-refractivity contribution in [3.8, 4) is 5.75 Å². The molecule has 3 heteroatoms. The van der Waals surface area contributed by atoms with Gasteiger partial charge in [-0.1, -0.05) is 22.9 Å². The van der Waals surface area contributed by atoms with E-state index in [0.717, 1.165) is 12.2 Å². The van der Waals surface area contributed by atoms with Gasteiger partial charge in [-0.15, -0.1) is 0 Å². The number of hydrogen-bond donors (Lipinski definition) is 0. The Morgan fingerprint density at radius 1 is 1.50 bits per heavy atom. The van der Waals surface area contributed by atoms with Gasteiger partial charge >= 0.3 is 0 Å². The molecule has 0 amide bonds. The van der Waals surface area contributed by atoms with Gasteiger partial charge in [-0.3, -0.25) is 0 Å². The van der Waals surface area contributed by atoms with E-state index in [1.165, 1.54) is 18.2 Å². The third-order valence-corrected chi connectivity index (χ3v) is 2.05. The molecule has 0 fully saturated rings. The summed E-state index contributed by atoms with van der Waals surface area (Å²) >= 11 is 0. The lowest BCUT2D eigenvalue weighted by Crippen LogP contribution is -2.05. The molecule has 76 valence electrons. The molecule has 0 radical (unpaired) electrons. The van der Waals surface area contributed by atoms with Crippen molar-refractivity contribution in [1.29, 1.82) is 0 Å². The molecule has 0 unspecified atom stereocenters. The van der Waals surface area contributed by atoms with Crippen molar-refractivity contribution in [2.75, 3.05) is 7.05 Å². The highest BCUT2D eigenvalue weighted by Gasteiger charge is 2.17. The van der Waals surface area contributed by atoms with E-state index in [-0.39, 0.29) is 0 Å². The molecule has 1 aliphatic rings. The lowest BCUT2D eigenvalue weighted by molar-refractivity contribution is 0.254. The summed E-state index contributed by atoms with van der Waals surface area (Å²) in [5, 5.41) is 2.25. The molecule has 0 aromatic heterocycles. The molecule has 0 N–H and O–H groups in total. The van der Waals surface area contributed by atoms with Gasteiger partial charge in [0.05, 0.1) is 7.05 Å². The van der Waals surface area contributed by atoms with Gasteiger partial charge in [0.15, 0.2) is 0 Å². The maximum atomic E-state index is 8.56. The second kappa shape index (κ2) is 4.74. The van der Waals surface area contributed by atoms with E-state index in [9.17, 15) is 0 Å². The molecule has 2 rings (SSSR count). The molecule has 1 atom stereocenters. The maximum absolute atomic E-state index is 8.56. The molecule has 3 nitrogen and oxygen atoms in total. The second-order valence-corrected chi connectivity index (χ2v) is 3.43. The normalized spacial score (nSPS) is 17.5. The van der Waals surface area contributed by atoms with Crippen molar-refractivity contribution in [1.82, 2.24) is 0 Å². The standard InChI is InChI=1S/C10H12O.CH3NO/c1-7-3-4-10-9(5-7)6-8(2)11-10;1-2-3/h3-5,8H,6H2,1-2H3;1H3/t8-;/m1./s1. The van der Waals surface area contributed by atoms with Crippen LogP contribution < -0.4 is 4.74 Å². The molecule has 0 spiro atoms. The molecule has 0 bridgehead atoms. The average molecular weight is 193 g/mol. The van der Waals surface area contributed by atoms with Crippen LogP contribution in [0.4, 0.5) is 0 Å². The summed E-state index contributed by atoms with van der Waals surface area (Å²) < 4.78 is 5.56. The first kappa shape index (κ1) is 10.7. The number of aryl methyl sites for hydroxylation is 1. The van der Waals surface area contributed by atoms with Crippen LogP contribution in [0.1, 0.15) is 18.1 Å². The minimum Gasteiger partial charge on any atom is -0.490 e. The Bertz CT molecular complexity index is 323. The first-order valence-electron chi connectivity index (χ1n) is 4.65. The number of hydrogen-bond acceptors (Lipinski definition) is 3. The number of benzene rings is 1.